The molecule has 3 heteroatoms. The molecule has 1 aromatic heterocycles. The Morgan fingerprint density at radius 3 is 2.50 bits per heavy atom. The molecule has 1 fully saturated rings. The second-order valence-corrected chi connectivity index (χ2v) is 6.48. The molecule has 22 heavy (non-hydrogen) atoms. The summed E-state index contributed by atoms with van der Waals surface area (Å²) in [6, 6.07) is 8.73. The van der Waals surface area contributed by atoms with Gasteiger partial charge in [0.15, 0.2) is 0 Å². The summed E-state index contributed by atoms with van der Waals surface area (Å²) in [7, 11) is 0. The van der Waals surface area contributed by atoms with Gasteiger partial charge in [-0.25, -0.2) is 0 Å². The molecular formula is C19H21NOS. The van der Waals surface area contributed by atoms with Crippen molar-refractivity contribution >= 4 is 11.3 Å². The van der Waals surface area contributed by atoms with Gasteiger partial charge < -0.3 is 4.74 Å². The van der Waals surface area contributed by atoms with E-state index in [0.717, 1.165) is 17.9 Å². The van der Waals surface area contributed by atoms with Crippen LogP contribution in [0.15, 0.2) is 35.0 Å². The minimum Gasteiger partial charge on any atom is -0.487 e. The SMILES string of the molecule is C#Cc1cscc1OCc1ccc(CN2CCCCC2)cc1. The molecule has 2 aromatic rings. The lowest BCUT2D eigenvalue weighted by molar-refractivity contribution is 0.221. The highest BCUT2D eigenvalue weighted by Crippen LogP contribution is 2.23. The summed E-state index contributed by atoms with van der Waals surface area (Å²) in [4.78, 5) is 2.54. The van der Waals surface area contributed by atoms with E-state index < -0.39 is 0 Å². The first kappa shape index (κ1) is 15.1. The van der Waals surface area contributed by atoms with Gasteiger partial charge in [0.25, 0.3) is 0 Å². The van der Waals surface area contributed by atoms with Gasteiger partial charge in [0.1, 0.15) is 12.4 Å². The quantitative estimate of drug-likeness (QED) is 0.764. The van der Waals surface area contributed by atoms with Crippen LogP contribution in [-0.2, 0) is 13.2 Å². The molecule has 2 nitrogen and oxygen atoms in total. The summed E-state index contributed by atoms with van der Waals surface area (Å²) in [5.41, 5.74) is 3.40. The Hall–Kier alpha value is -1.76. The minimum atomic E-state index is 0.565. The van der Waals surface area contributed by atoms with E-state index in [9.17, 15) is 0 Å². The average Bonchev–Trinajstić information content (AvgIpc) is 3.03. The van der Waals surface area contributed by atoms with E-state index in [2.05, 4.69) is 35.1 Å². The zero-order valence-corrected chi connectivity index (χ0v) is 13.6. The van der Waals surface area contributed by atoms with Crippen molar-refractivity contribution in [3.05, 3.63) is 51.7 Å². The molecule has 0 aliphatic carbocycles. The van der Waals surface area contributed by atoms with E-state index in [-0.39, 0.29) is 0 Å². The predicted octanol–water partition coefficient (Wildman–Crippen LogP) is 4.29. The number of hydrogen-bond acceptors (Lipinski definition) is 3. The van der Waals surface area contributed by atoms with Crippen molar-refractivity contribution in [2.45, 2.75) is 32.4 Å². The molecule has 0 spiro atoms. The highest BCUT2D eigenvalue weighted by atomic mass is 32.1. The van der Waals surface area contributed by atoms with Gasteiger partial charge in [0.05, 0.1) is 5.56 Å². The van der Waals surface area contributed by atoms with Crippen LogP contribution in [0.25, 0.3) is 0 Å². The molecule has 0 amide bonds. The Kier molecular flexibility index (Phi) is 5.15. The van der Waals surface area contributed by atoms with Crippen molar-refractivity contribution in [1.29, 1.82) is 0 Å². The lowest BCUT2D eigenvalue weighted by Gasteiger charge is -2.26. The van der Waals surface area contributed by atoms with Crippen LogP contribution in [0.3, 0.4) is 0 Å². The second-order valence-electron chi connectivity index (χ2n) is 5.74. The lowest BCUT2D eigenvalue weighted by atomic mass is 10.1. The van der Waals surface area contributed by atoms with E-state index in [4.69, 9.17) is 11.2 Å². The van der Waals surface area contributed by atoms with Crippen molar-refractivity contribution in [3.63, 3.8) is 0 Å². The van der Waals surface area contributed by atoms with E-state index in [1.165, 1.54) is 43.5 Å². The maximum absolute atomic E-state index is 5.80. The van der Waals surface area contributed by atoms with Crippen LogP contribution >= 0.6 is 11.3 Å². The molecule has 0 unspecified atom stereocenters. The maximum atomic E-state index is 5.80. The average molecular weight is 311 g/mol. The number of likely N-dealkylation sites (tertiary alicyclic amines) is 1. The molecule has 0 radical (unpaired) electrons. The third-order valence-corrected chi connectivity index (χ3v) is 4.78. The number of ether oxygens (including phenoxy) is 1. The number of benzene rings is 1. The molecule has 0 N–H and O–H groups in total. The van der Waals surface area contributed by atoms with Gasteiger partial charge in [-0.1, -0.05) is 36.6 Å². The van der Waals surface area contributed by atoms with Gasteiger partial charge in [0.2, 0.25) is 0 Å². The van der Waals surface area contributed by atoms with Crippen LogP contribution in [0.4, 0.5) is 0 Å². The summed E-state index contributed by atoms with van der Waals surface area (Å²) in [6.07, 6.45) is 9.50. The molecule has 3 rings (SSSR count). The molecule has 0 saturated carbocycles. The third-order valence-electron chi connectivity index (χ3n) is 4.05. The van der Waals surface area contributed by atoms with Gasteiger partial charge in [-0.05, 0) is 37.1 Å². The molecule has 1 aliphatic rings. The first-order valence-corrected chi connectivity index (χ1v) is 8.75. The van der Waals surface area contributed by atoms with Gasteiger partial charge in [-0.2, -0.15) is 0 Å². The number of thiophene rings is 1. The van der Waals surface area contributed by atoms with Gasteiger partial charge in [-0.3, -0.25) is 4.90 Å². The number of piperidine rings is 1. The molecule has 114 valence electrons. The van der Waals surface area contributed by atoms with Crippen molar-refractivity contribution in [2.75, 3.05) is 13.1 Å². The zero-order valence-electron chi connectivity index (χ0n) is 12.8. The molecule has 1 saturated heterocycles. The van der Waals surface area contributed by atoms with Crippen molar-refractivity contribution in [1.82, 2.24) is 4.90 Å². The van der Waals surface area contributed by atoms with E-state index in [1.54, 1.807) is 11.3 Å². The van der Waals surface area contributed by atoms with Crippen molar-refractivity contribution in [3.8, 4) is 18.1 Å². The molecular weight excluding hydrogens is 290 g/mol. The van der Waals surface area contributed by atoms with Gasteiger partial charge >= 0.3 is 0 Å². The molecule has 0 bridgehead atoms. The Morgan fingerprint density at radius 2 is 1.77 bits per heavy atom. The standard InChI is InChI=1S/C19H21NOS/c1-2-18-14-22-15-19(18)21-13-17-8-6-16(7-9-17)12-20-10-4-3-5-11-20/h1,6-9,14-15H,3-5,10-13H2. The summed E-state index contributed by atoms with van der Waals surface area (Å²) >= 11 is 1.57. The van der Waals surface area contributed by atoms with Crippen LogP contribution in [0.1, 0.15) is 36.0 Å². The number of nitrogens with zero attached hydrogens (tertiary/aromatic N) is 1. The second kappa shape index (κ2) is 7.49. The van der Waals surface area contributed by atoms with Crippen LogP contribution in [0.2, 0.25) is 0 Å². The Balaban J connectivity index is 1.54. The third kappa shape index (κ3) is 3.91. The first-order chi connectivity index (χ1) is 10.8. The summed E-state index contributed by atoms with van der Waals surface area (Å²) in [5.74, 6) is 3.46. The van der Waals surface area contributed by atoms with Gasteiger partial charge in [0, 0.05) is 17.3 Å². The fraction of sp³-hybridized carbons (Fsp3) is 0.368. The van der Waals surface area contributed by atoms with Crippen molar-refractivity contribution < 1.29 is 4.74 Å². The zero-order chi connectivity index (χ0) is 15.2. The van der Waals surface area contributed by atoms with Crippen LogP contribution in [0.5, 0.6) is 5.75 Å². The predicted molar refractivity (Wildman–Crippen MR) is 92.2 cm³/mol. The first-order valence-electron chi connectivity index (χ1n) is 7.81. The summed E-state index contributed by atoms with van der Waals surface area (Å²) < 4.78 is 5.80. The van der Waals surface area contributed by atoms with Crippen LogP contribution in [-0.4, -0.2) is 18.0 Å². The number of hydrogen-bond donors (Lipinski definition) is 0. The lowest BCUT2D eigenvalue weighted by Crippen LogP contribution is -2.29. The normalized spacial score (nSPS) is 15.4. The van der Waals surface area contributed by atoms with E-state index >= 15 is 0 Å². The fourth-order valence-corrected chi connectivity index (χ4v) is 3.49. The summed E-state index contributed by atoms with van der Waals surface area (Å²) in [6.45, 7) is 4.10. The largest absolute Gasteiger partial charge is 0.487 e. The topological polar surface area (TPSA) is 12.5 Å². The van der Waals surface area contributed by atoms with Crippen LogP contribution < -0.4 is 4.74 Å². The highest BCUT2D eigenvalue weighted by molar-refractivity contribution is 7.08. The Labute approximate surface area is 136 Å². The van der Waals surface area contributed by atoms with E-state index in [0.29, 0.717) is 6.61 Å². The molecule has 0 atom stereocenters. The number of terminal acetylenes is 1. The van der Waals surface area contributed by atoms with Crippen molar-refractivity contribution in [2.24, 2.45) is 0 Å². The van der Waals surface area contributed by atoms with Crippen LogP contribution in [0, 0.1) is 12.3 Å². The number of rotatable bonds is 5. The Bertz CT molecular complexity index is 632. The molecule has 1 aromatic carbocycles. The smallest absolute Gasteiger partial charge is 0.146 e. The fourth-order valence-electron chi connectivity index (χ4n) is 2.78. The Morgan fingerprint density at radius 1 is 1.05 bits per heavy atom. The maximum Gasteiger partial charge on any atom is 0.146 e. The van der Waals surface area contributed by atoms with Gasteiger partial charge in [-0.15, -0.1) is 17.8 Å². The highest BCUT2D eigenvalue weighted by Gasteiger charge is 2.10. The minimum absolute atomic E-state index is 0.565. The molecule has 1 aliphatic heterocycles. The molecule has 2 heterocycles. The monoisotopic (exact) mass is 311 g/mol. The van der Waals surface area contributed by atoms with E-state index in [1.807, 2.05) is 10.8 Å². The summed E-state index contributed by atoms with van der Waals surface area (Å²) in [5, 5.41) is 3.90.